The molecule has 1 aliphatic carbocycles. The number of para-hydroxylation sites is 1. The van der Waals surface area contributed by atoms with Gasteiger partial charge in [-0.3, -0.25) is 0 Å². The first-order valence-corrected chi connectivity index (χ1v) is 8.44. The number of aromatic nitrogens is 1. The number of hydrogen-bond donors (Lipinski definition) is 1. The second-order valence-corrected chi connectivity index (χ2v) is 6.55. The van der Waals surface area contributed by atoms with Crippen molar-refractivity contribution >= 4 is 16.9 Å². The zero-order chi connectivity index (χ0) is 14.9. The van der Waals surface area contributed by atoms with Crippen molar-refractivity contribution in [3.05, 3.63) is 36.0 Å². The molecule has 2 aromatic rings. The van der Waals surface area contributed by atoms with Gasteiger partial charge in [-0.15, -0.1) is 0 Å². The van der Waals surface area contributed by atoms with E-state index in [1.807, 2.05) is 4.90 Å². The van der Waals surface area contributed by atoms with Gasteiger partial charge in [-0.05, 0) is 30.4 Å². The van der Waals surface area contributed by atoms with E-state index in [1.165, 1.54) is 35.9 Å². The van der Waals surface area contributed by atoms with E-state index >= 15 is 0 Å². The largest absolute Gasteiger partial charge is 0.341 e. The van der Waals surface area contributed by atoms with E-state index in [1.54, 1.807) is 0 Å². The maximum Gasteiger partial charge on any atom is 0.318 e. The summed E-state index contributed by atoms with van der Waals surface area (Å²) in [7, 11) is 0. The summed E-state index contributed by atoms with van der Waals surface area (Å²) in [4.78, 5) is 14.5. The van der Waals surface area contributed by atoms with E-state index in [0.717, 1.165) is 25.9 Å². The Balaban J connectivity index is 1.48. The van der Waals surface area contributed by atoms with Gasteiger partial charge in [-0.2, -0.15) is 0 Å². The Morgan fingerprint density at radius 3 is 2.77 bits per heavy atom. The average molecular weight is 297 g/mol. The number of rotatable bonds is 1. The van der Waals surface area contributed by atoms with Crippen LogP contribution in [0.15, 0.2) is 30.3 Å². The second-order valence-electron chi connectivity index (χ2n) is 6.55. The van der Waals surface area contributed by atoms with Crippen molar-refractivity contribution in [1.29, 1.82) is 0 Å². The highest BCUT2D eigenvalue weighted by molar-refractivity contribution is 5.82. The first kappa shape index (κ1) is 13.7. The average Bonchev–Trinajstić information content (AvgIpc) is 2.93. The molecular formula is C18H23N3O. The molecule has 0 atom stereocenters. The molecule has 0 unspecified atom stereocenters. The van der Waals surface area contributed by atoms with Crippen LogP contribution in [0.5, 0.6) is 0 Å². The van der Waals surface area contributed by atoms with Crippen molar-refractivity contribution in [2.45, 2.75) is 51.2 Å². The Bertz CT molecular complexity index is 685. The number of carbonyl (C=O) groups excluding carboxylic acids is 1. The minimum Gasteiger partial charge on any atom is -0.341 e. The van der Waals surface area contributed by atoms with Crippen LogP contribution in [0.2, 0.25) is 0 Å². The van der Waals surface area contributed by atoms with Crippen molar-refractivity contribution in [3.8, 4) is 0 Å². The summed E-state index contributed by atoms with van der Waals surface area (Å²) in [5, 5.41) is 4.50. The SMILES string of the molecule is O=C(NC1CCCCC1)N1CCn2c(cc3ccccc32)C1. The van der Waals surface area contributed by atoms with Crippen molar-refractivity contribution in [1.82, 2.24) is 14.8 Å². The molecule has 0 radical (unpaired) electrons. The predicted molar refractivity (Wildman–Crippen MR) is 87.8 cm³/mol. The van der Waals surface area contributed by atoms with E-state index in [9.17, 15) is 4.79 Å². The highest BCUT2D eigenvalue weighted by Crippen LogP contribution is 2.24. The fourth-order valence-corrected chi connectivity index (χ4v) is 3.84. The number of nitrogens with zero attached hydrogens (tertiary/aromatic N) is 2. The summed E-state index contributed by atoms with van der Waals surface area (Å²) < 4.78 is 2.35. The Labute approximate surface area is 131 Å². The van der Waals surface area contributed by atoms with E-state index < -0.39 is 0 Å². The lowest BCUT2D eigenvalue weighted by atomic mass is 9.96. The van der Waals surface area contributed by atoms with Gasteiger partial charge >= 0.3 is 6.03 Å². The lowest BCUT2D eigenvalue weighted by Crippen LogP contribution is -2.47. The number of hydrogen-bond acceptors (Lipinski definition) is 1. The smallest absolute Gasteiger partial charge is 0.318 e. The Morgan fingerprint density at radius 2 is 1.91 bits per heavy atom. The van der Waals surface area contributed by atoms with Gasteiger partial charge in [-0.1, -0.05) is 37.5 Å². The molecule has 22 heavy (non-hydrogen) atoms. The van der Waals surface area contributed by atoms with Crippen molar-refractivity contribution in [2.75, 3.05) is 6.54 Å². The number of benzene rings is 1. The highest BCUT2D eigenvalue weighted by Gasteiger charge is 2.24. The number of urea groups is 1. The number of fused-ring (bicyclic) bond motifs is 3. The van der Waals surface area contributed by atoms with E-state index in [-0.39, 0.29) is 6.03 Å². The second kappa shape index (κ2) is 5.67. The predicted octanol–water partition coefficient (Wildman–Crippen LogP) is 3.50. The van der Waals surface area contributed by atoms with Crippen LogP contribution in [0.3, 0.4) is 0 Å². The topological polar surface area (TPSA) is 37.3 Å². The van der Waals surface area contributed by atoms with Crippen molar-refractivity contribution in [2.24, 2.45) is 0 Å². The van der Waals surface area contributed by atoms with Crippen LogP contribution in [0.1, 0.15) is 37.8 Å². The van der Waals surface area contributed by atoms with Gasteiger partial charge < -0.3 is 14.8 Å². The molecule has 2 heterocycles. The van der Waals surface area contributed by atoms with Crippen LogP contribution in [0, 0.1) is 0 Å². The molecule has 1 aromatic carbocycles. The first-order valence-electron chi connectivity index (χ1n) is 8.44. The molecule has 1 fully saturated rings. The molecule has 116 valence electrons. The van der Waals surface area contributed by atoms with E-state index in [2.05, 4.69) is 40.2 Å². The summed E-state index contributed by atoms with van der Waals surface area (Å²) in [6.07, 6.45) is 6.09. The Hall–Kier alpha value is -1.97. The summed E-state index contributed by atoms with van der Waals surface area (Å²) in [5.41, 5.74) is 2.52. The molecule has 0 spiro atoms. The fourth-order valence-electron chi connectivity index (χ4n) is 3.84. The lowest BCUT2D eigenvalue weighted by Gasteiger charge is -2.32. The van der Waals surface area contributed by atoms with Crippen molar-refractivity contribution < 1.29 is 4.79 Å². The summed E-state index contributed by atoms with van der Waals surface area (Å²) in [6, 6.07) is 11.2. The standard InChI is InChI=1S/C18H23N3O/c22-18(19-15-7-2-1-3-8-15)20-10-11-21-16(13-20)12-14-6-4-5-9-17(14)21/h4-6,9,12,15H,1-3,7-8,10-11,13H2,(H,19,22). The normalized spacial score (nSPS) is 19.2. The van der Waals surface area contributed by atoms with Gasteiger partial charge in [0, 0.05) is 30.3 Å². The zero-order valence-electron chi connectivity index (χ0n) is 12.9. The van der Waals surface area contributed by atoms with Crippen LogP contribution in [0.25, 0.3) is 10.9 Å². The minimum atomic E-state index is 0.114. The summed E-state index contributed by atoms with van der Waals surface area (Å²) >= 11 is 0. The molecule has 4 rings (SSSR count). The number of carbonyl (C=O) groups is 1. The zero-order valence-corrected chi connectivity index (χ0v) is 12.9. The van der Waals surface area contributed by atoms with Crippen LogP contribution < -0.4 is 5.32 Å². The monoisotopic (exact) mass is 297 g/mol. The number of nitrogens with one attached hydrogen (secondary N) is 1. The first-order chi connectivity index (χ1) is 10.8. The highest BCUT2D eigenvalue weighted by atomic mass is 16.2. The molecule has 4 nitrogen and oxygen atoms in total. The molecule has 1 saturated carbocycles. The third-order valence-corrected chi connectivity index (χ3v) is 5.06. The molecule has 2 amide bonds. The molecule has 0 saturated heterocycles. The quantitative estimate of drug-likeness (QED) is 0.859. The molecule has 4 heteroatoms. The number of amides is 2. The third-order valence-electron chi connectivity index (χ3n) is 5.06. The molecule has 0 bridgehead atoms. The maximum absolute atomic E-state index is 12.5. The van der Waals surface area contributed by atoms with Gasteiger partial charge in [0.05, 0.1) is 6.54 Å². The minimum absolute atomic E-state index is 0.114. The van der Waals surface area contributed by atoms with E-state index in [0.29, 0.717) is 12.6 Å². The van der Waals surface area contributed by atoms with Gasteiger partial charge in [0.25, 0.3) is 0 Å². The van der Waals surface area contributed by atoms with Gasteiger partial charge in [-0.25, -0.2) is 4.79 Å². The lowest BCUT2D eigenvalue weighted by molar-refractivity contribution is 0.177. The van der Waals surface area contributed by atoms with Crippen LogP contribution in [0.4, 0.5) is 4.79 Å². The molecule has 2 aliphatic rings. The fraction of sp³-hybridized carbons (Fsp3) is 0.500. The molecule has 1 aliphatic heterocycles. The third kappa shape index (κ3) is 2.47. The Kier molecular flexibility index (Phi) is 3.53. The van der Waals surface area contributed by atoms with Crippen LogP contribution >= 0.6 is 0 Å². The van der Waals surface area contributed by atoms with Crippen LogP contribution in [-0.2, 0) is 13.1 Å². The molecular weight excluding hydrogens is 274 g/mol. The van der Waals surface area contributed by atoms with E-state index in [4.69, 9.17) is 0 Å². The van der Waals surface area contributed by atoms with Crippen LogP contribution in [-0.4, -0.2) is 28.1 Å². The summed E-state index contributed by atoms with van der Waals surface area (Å²) in [5.74, 6) is 0. The van der Waals surface area contributed by atoms with Gasteiger partial charge in [0.15, 0.2) is 0 Å². The Morgan fingerprint density at radius 1 is 1.09 bits per heavy atom. The van der Waals surface area contributed by atoms with Gasteiger partial charge in [0.2, 0.25) is 0 Å². The molecule has 1 N–H and O–H groups in total. The molecule has 1 aromatic heterocycles. The van der Waals surface area contributed by atoms with Crippen molar-refractivity contribution in [3.63, 3.8) is 0 Å². The van der Waals surface area contributed by atoms with Gasteiger partial charge in [0.1, 0.15) is 0 Å². The maximum atomic E-state index is 12.5. The summed E-state index contributed by atoms with van der Waals surface area (Å²) in [6.45, 7) is 2.40.